The van der Waals surface area contributed by atoms with E-state index in [1.54, 1.807) is 12.1 Å². The van der Waals surface area contributed by atoms with Gasteiger partial charge in [-0.25, -0.2) is 10.8 Å². The molecule has 0 atom stereocenters. The second-order valence-corrected chi connectivity index (χ2v) is 4.09. The summed E-state index contributed by atoms with van der Waals surface area (Å²) in [5.41, 5.74) is 3.17. The number of hydrogen-bond donors (Lipinski definition) is 2. The molecule has 0 radical (unpaired) electrons. The lowest BCUT2D eigenvalue weighted by molar-refractivity contribution is 0.0949. The summed E-state index contributed by atoms with van der Waals surface area (Å²) in [5.74, 6) is 6.33. The molecule has 4 nitrogen and oxygen atoms in total. The first-order chi connectivity index (χ1) is 7.13. The summed E-state index contributed by atoms with van der Waals surface area (Å²) in [7, 11) is 0. The average molecular weight is 230 g/mol. The average Bonchev–Trinajstić information content (AvgIpc) is 2.20. The fraction of sp³-hybridized carbons (Fsp3) is 0.500. The zero-order valence-electron chi connectivity index (χ0n) is 8.96. The van der Waals surface area contributed by atoms with Crippen molar-refractivity contribution in [3.05, 3.63) is 22.8 Å². The van der Waals surface area contributed by atoms with Crippen molar-refractivity contribution in [1.82, 2.24) is 4.98 Å². The van der Waals surface area contributed by atoms with Crippen LogP contribution >= 0.6 is 11.6 Å². The number of nitrogen functional groups attached to an aromatic ring is 1. The zero-order valence-corrected chi connectivity index (χ0v) is 9.71. The van der Waals surface area contributed by atoms with E-state index in [1.807, 2.05) is 0 Å². The van der Waals surface area contributed by atoms with Gasteiger partial charge in [0.1, 0.15) is 5.82 Å². The molecule has 0 fully saturated rings. The minimum atomic E-state index is 0.409. The van der Waals surface area contributed by atoms with Gasteiger partial charge in [0.2, 0.25) is 0 Å². The first-order valence-corrected chi connectivity index (χ1v) is 5.21. The number of halogens is 1. The maximum atomic E-state index is 5.96. The smallest absolute Gasteiger partial charge is 0.140 e. The number of ether oxygens (including phenoxy) is 1. The van der Waals surface area contributed by atoms with E-state index in [0.29, 0.717) is 35.7 Å². The van der Waals surface area contributed by atoms with Crippen LogP contribution in [0.1, 0.15) is 19.5 Å². The molecular formula is C10H16ClN3O. The lowest BCUT2D eigenvalue weighted by Gasteiger charge is -2.08. The van der Waals surface area contributed by atoms with Crippen LogP contribution in [0, 0.1) is 5.92 Å². The van der Waals surface area contributed by atoms with Crippen LogP contribution in [-0.2, 0) is 11.3 Å². The molecule has 5 heteroatoms. The van der Waals surface area contributed by atoms with Crippen molar-refractivity contribution >= 4 is 17.4 Å². The Morgan fingerprint density at radius 1 is 1.53 bits per heavy atom. The van der Waals surface area contributed by atoms with E-state index in [-0.39, 0.29) is 0 Å². The van der Waals surface area contributed by atoms with E-state index >= 15 is 0 Å². The Morgan fingerprint density at radius 3 is 2.87 bits per heavy atom. The molecule has 1 aromatic heterocycles. The van der Waals surface area contributed by atoms with Crippen molar-refractivity contribution < 1.29 is 4.74 Å². The molecule has 0 aliphatic carbocycles. The molecule has 1 rings (SSSR count). The van der Waals surface area contributed by atoms with Gasteiger partial charge in [0.05, 0.1) is 17.3 Å². The third-order valence-electron chi connectivity index (χ3n) is 1.76. The second-order valence-electron chi connectivity index (χ2n) is 3.68. The maximum Gasteiger partial charge on any atom is 0.140 e. The van der Waals surface area contributed by atoms with Crippen LogP contribution in [0.2, 0.25) is 5.02 Å². The summed E-state index contributed by atoms with van der Waals surface area (Å²) in [5, 5.41) is 0.595. The van der Waals surface area contributed by atoms with Gasteiger partial charge in [0.15, 0.2) is 0 Å². The molecule has 0 amide bonds. The highest BCUT2D eigenvalue weighted by Crippen LogP contribution is 2.17. The van der Waals surface area contributed by atoms with Crippen molar-refractivity contribution in [2.24, 2.45) is 11.8 Å². The first-order valence-electron chi connectivity index (χ1n) is 4.83. The number of rotatable bonds is 5. The highest BCUT2D eigenvalue weighted by atomic mass is 35.5. The van der Waals surface area contributed by atoms with Crippen molar-refractivity contribution in [1.29, 1.82) is 0 Å². The molecule has 0 bridgehead atoms. The number of nitrogens with two attached hydrogens (primary N) is 1. The van der Waals surface area contributed by atoms with Gasteiger partial charge in [0.25, 0.3) is 0 Å². The molecular weight excluding hydrogens is 214 g/mol. The monoisotopic (exact) mass is 229 g/mol. The predicted molar refractivity (Wildman–Crippen MR) is 61.6 cm³/mol. The summed E-state index contributed by atoms with van der Waals surface area (Å²) in [6, 6.07) is 3.46. The van der Waals surface area contributed by atoms with E-state index in [2.05, 4.69) is 24.3 Å². The van der Waals surface area contributed by atoms with Gasteiger partial charge >= 0.3 is 0 Å². The standard InChI is InChI=1S/C10H16ClN3O/c1-7(2)5-15-6-9-8(11)3-4-10(13-9)14-12/h3-4,7H,5-6,12H2,1-2H3,(H,13,14). The fourth-order valence-corrected chi connectivity index (χ4v) is 1.22. The Bertz CT molecular complexity index is 318. The number of aromatic nitrogens is 1. The zero-order chi connectivity index (χ0) is 11.3. The molecule has 1 heterocycles. The molecule has 0 saturated carbocycles. The van der Waals surface area contributed by atoms with Crippen LogP contribution in [0.4, 0.5) is 5.82 Å². The van der Waals surface area contributed by atoms with Crippen molar-refractivity contribution in [2.75, 3.05) is 12.0 Å². The van der Waals surface area contributed by atoms with Crippen molar-refractivity contribution in [3.8, 4) is 0 Å². The van der Waals surface area contributed by atoms with Crippen LogP contribution in [0.15, 0.2) is 12.1 Å². The lowest BCUT2D eigenvalue weighted by atomic mass is 10.2. The molecule has 0 spiro atoms. The molecule has 3 N–H and O–H groups in total. The van der Waals surface area contributed by atoms with Gasteiger partial charge in [-0.15, -0.1) is 0 Å². The second kappa shape index (κ2) is 5.90. The summed E-state index contributed by atoms with van der Waals surface area (Å²) >= 11 is 5.96. The van der Waals surface area contributed by atoms with Gasteiger partial charge in [0, 0.05) is 6.61 Å². The minimum absolute atomic E-state index is 0.409. The third kappa shape index (κ3) is 4.03. The largest absolute Gasteiger partial charge is 0.375 e. The number of nitrogens with zero attached hydrogens (tertiary/aromatic N) is 1. The van der Waals surface area contributed by atoms with E-state index in [1.165, 1.54) is 0 Å². The molecule has 84 valence electrons. The first kappa shape index (κ1) is 12.2. The number of nitrogens with one attached hydrogen (secondary N) is 1. The molecule has 0 aliphatic rings. The van der Waals surface area contributed by atoms with Crippen LogP contribution in [0.5, 0.6) is 0 Å². The minimum Gasteiger partial charge on any atom is -0.375 e. The highest BCUT2D eigenvalue weighted by molar-refractivity contribution is 6.31. The van der Waals surface area contributed by atoms with Crippen molar-refractivity contribution in [3.63, 3.8) is 0 Å². The Balaban J connectivity index is 2.59. The lowest BCUT2D eigenvalue weighted by Crippen LogP contribution is -2.10. The highest BCUT2D eigenvalue weighted by Gasteiger charge is 2.04. The van der Waals surface area contributed by atoms with Gasteiger partial charge in [-0.05, 0) is 18.1 Å². The molecule has 0 unspecified atom stereocenters. The van der Waals surface area contributed by atoms with E-state index in [4.69, 9.17) is 22.2 Å². The van der Waals surface area contributed by atoms with E-state index < -0.39 is 0 Å². The Hall–Kier alpha value is -0.840. The number of anilines is 1. The number of pyridine rings is 1. The quantitative estimate of drug-likeness (QED) is 0.600. The summed E-state index contributed by atoms with van der Waals surface area (Å²) in [6.45, 7) is 5.28. The van der Waals surface area contributed by atoms with Crippen LogP contribution in [0.3, 0.4) is 0 Å². The van der Waals surface area contributed by atoms with Crippen LogP contribution in [-0.4, -0.2) is 11.6 Å². The van der Waals surface area contributed by atoms with E-state index in [0.717, 1.165) is 0 Å². The van der Waals surface area contributed by atoms with Crippen LogP contribution < -0.4 is 11.3 Å². The summed E-state index contributed by atoms with van der Waals surface area (Å²) in [4.78, 5) is 4.19. The SMILES string of the molecule is CC(C)COCc1nc(NN)ccc1Cl. The molecule has 0 aliphatic heterocycles. The molecule has 1 aromatic rings. The van der Waals surface area contributed by atoms with Crippen LogP contribution in [0.25, 0.3) is 0 Å². The number of hydrazine groups is 1. The number of hydrogen-bond acceptors (Lipinski definition) is 4. The summed E-state index contributed by atoms with van der Waals surface area (Å²) < 4.78 is 5.45. The van der Waals surface area contributed by atoms with Gasteiger partial charge < -0.3 is 10.2 Å². The fourth-order valence-electron chi connectivity index (χ4n) is 1.06. The van der Waals surface area contributed by atoms with Gasteiger partial charge in [-0.1, -0.05) is 25.4 Å². The Kier molecular flexibility index (Phi) is 4.81. The molecule has 0 aromatic carbocycles. The Labute approximate surface area is 94.8 Å². The summed E-state index contributed by atoms with van der Waals surface area (Å²) in [6.07, 6.45) is 0. The predicted octanol–water partition coefficient (Wildman–Crippen LogP) is 2.19. The molecule has 0 saturated heterocycles. The van der Waals surface area contributed by atoms with Gasteiger partial charge in [-0.3, -0.25) is 0 Å². The van der Waals surface area contributed by atoms with E-state index in [9.17, 15) is 0 Å². The topological polar surface area (TPSA) is 60.2 Å². The van der Waals surface area contributed by atoms with Crippen molar-refractivity contribution in [2.45, 2.75) is 20.5 Å². The maximum absolute atomic E-state index is 5.96. The molecule has 15 heavy (non-hydrogen) atoms. The Morgan fingerprint density at radius 2 is 2.27 bits per heavy atom. The third-order valence-corrected chi connectivity index (χ3v) is 2.10. The van der Waals surface area contributed by atoms with Gasteiger partial charge in [-0.2, -0.15) is 0 Å². The normalized spacial score (nSPS) is 10.7.